The van der Waals surface area contributed by atoms with Gasteiger partial charge in [-0.3, -0.25) is 0 Å². The van der Waals surface area contributed by atoms with Crippen molar-refractivity contribution in [2.24, 2.45) is 5.73 Å². The summed E-state index contributed by atoms with van der Waals surface area (Å²) in [5.41, 5.74) is 4.77. The van der Waals surface area contributed by atoms with E-state index in [9.17, 15) is 5.11 Å². The van der Waals surface area contributed by atoms with Crippen LogP contribution in [0.3, 0.4) is 0 Å². The molecule has 0 aromatic heterocycles. The van der Waals surface area contributed by atoms with E-state index in [2.05, 4.69) is 4.90 Å². The second-order valence-corrected chi connectivity index (χ2v) is 4.75. The summed E-state index contributed by atoms with van der Waals surface area (Å²) in [4.78, 5) is 2.39. The number of likely N-dealkylation sites (tertiary alicyclic amines) is 1. The smallest absolute Gasteiger partial charge is 0.0741 e. The van der Waals surface area contributed by atoms with E-state index < -0.39 is 5.60 Å². The third kappa shape index (κ3) is 4.47. The molecule has 4 nitrogen and oxygen atoms in total. The molecule has 0 spiro atoms. The number of aliphatic hydroxyl groups is 1. The summed E-state index contributed by atoms with van der Waals surface area (Å²) in [5.74, 6) is 0. The lowest BCUT2D eigenvalue weighted by Gasteiger charge is -2.22. The van der Waals surface area contributed by atoms with Crippen molar-refractivity contribution in [3.05, 3.63) is 0 Å². The number of ether oxygens (including phenoxy) is 1. The first-order valence-corrected chi connectivity index (χ1v) is 5.75. The van der Waals surface area contributed by atoms with E-state index in [1.54, 1.807) is 14.0 Å². The van der Waals surface area contributed by atoms with Crippen LogP contribution < -0.4 is 5.73 Å². The SMILES string of the molecule is COC1CCN(CCCC(C)(O)CN)C1. The Morgan fingerprint density at radius 2 is 2.33 bits per heavy atom. The molecule has 3 N–H and O–H groups in total. The van der Waals surface area contributed by atoms with E-state index in [1.807, 2.05) is 0 Å². The van der Waals surface area contributed by atoms with Crippen LogP contribution in [0.5, 0.6) is 0 Å². The van der Waals surface area contributed by atoms with Gasteiger partial charge in [0.1, 0.15) is 0 Å². The maximum Gasteiger partial charge on any atom is 0.0741 e. The fourth-order valence-corrected chi connectivity index (χ4v) is 1.98. The van der Waals surface area contributed by atoms with Crippen LogP contribution in [-0.4, -0.2) is 55.0 Å². The van der Waals surface area contributed by atoms with Gasteiger partial charge in [0.15, 0.2) is 0 Å². The molecule has 4 heteroatoms. The van der Waals surface area contributed by atoms with Gasteiger partial charge in [-0.05, 0) is 32.7 Å². The predicted octanol–water partition coefficient (Wildman–Crippen LogP) is 0.197. The Bertz CT molecular complexity index is 185. The molecule has 1 aliphatic rings. The molecular formula is C11H24N2O2. The van der Waals surface area contributed by atoms with Crippen LogP contribution in [0.2, 0.25) is 0 Å². The number of nitrogens with zero attached hydrogens (tertiary/aromatic N) is 1. The summed E-state index contributed by atoms with van der Waals surface area (Å²) in [6.07, 6.45) is 3.31. The topological polar surface area (TPSA) is 58.7 Å². The molecule has 0 amide bonds. The maximum atomic E-state index is 9.73. The summed E-state index contributed by atoms with van der Waals surface area (Å²) in [5, 5.41) is 9.73. The molecule has 0 aromatic carbocycles. The maximum absolute atomic E-state index is 9.73. The first kappa shape index (κ1) is 12.9. The predicted molar refractivity (Wildman–Crippen MR) is 60.8 cm³/mol. The number of rotatable bonds is 6. The Kier molecular flexibility index (Phi) is 4.99. The van der Waals surface area contributed by atoms with Gasteiger partial charge in [0.2, 0.25) is 0 Å². The fraction of sp³-hybridized carbons (Fsp3) is 1.00. The highest BCUT2D eigenvalue weighted by atomic mass is 16.5. The lowest BCUT2D eigenvalue weighted by atomic mass is 10.0. The minimum atomic E-state index is -0.694. The fourth-order valence-electron chi connectivity index (χ4n) is 1.98. The lowest BCUT2D eigenvalue weighted by Crippen LogP contribution is -2.35. The summed E-state index contributed by atoms with van der Waals surface area (Å²) in [6.45, 7) is 5.32. The van der Waals surface area contributed by atoms with Gasteiger partial charge in [0, 0.05) is 26.7 Å². The minimum absolute atomic E-state index is 0.341. The summed E-state index contributed by atoms with van der Waals surface area (Å²) in [7, 11) is 1.77. The Morgan fingerprint density at radius 3 is 2.87 bits per heavy atom. The standard InChI is InChI=1S/C11H24N2O2/c1-11(14,9-12)5-3-6-13-7-4-10(8-13)15-2/h10,14H,3-9,12H2,1-2H3. The molecule has 0 bridgehead atoms. The van der Waals surface area contributed by atoms with Crippen LogP contribution in [0.1, 0.15) is 26.2 Å². The zero-order valence-corrected chi connectivity index (χ0v) is 9.91. The third-order valence-electron chi connectivity index (χ3n) is 3.19. The summed E-state index contributed by atoms with van der Waals surface area (Å²) < 4.78 is 5.30. The van der Waals surface area contributed by atoms with Crippen molar-refractivity contribution in [2.75, 3.05) is 33.3 Å². The quantitative estimate of drug-likeness (QED) is 0.666. The van der Waals surface area contributed by atoms with Crippen LogP contribution in [0, 0.1) is 0 Å². The van der Waals surface area contributed by atoms with Gasteiger partial charge in [-0.15, -0.1) is 0 Å². The van der Waals surface area contributed by atoms with Crippen LogP contribution >= 0.6 is 0 Å². The van der Waals surface area contributed by atoms with Crippen molar-refractivity contribution in [2.45, 2.75) is 37.9 Å². The minimum Gasteiger partial charge on any atom is -0.389 e. The largest absolute Gasteiger partial charge is 0.389 e. The molecule has 1 aliphatic heterocycles. The van der Waals surface area contributed by atoms with Gasteiger partial charge in [0.25, 0.3) is 0 Å². The molecule has 0 radical (unpaired) electrons. The molecule has 90 valence electrons. The van der Waals surface area contributed by atoms with Crippen molar-refractivity contribution in [1.82, 2.24) is 4.90 Å². The van der Waals surface area contributed by atoms with E-state index in [0.717, 1.165) is 38.9 Å². The Labute approximate surface area is 92.4 Å². The van der Waals surface area contributed by atoms with Crippen LogP contribution in [0.25, 0.3) is 0 Å². The average molecular weight is 216 g/mol. The summed E-state index contributed by atoms with van der Waals surface area (Å²) >= 11 is 0. The lowest BCUT2D eigenvalue weighted by molar-refractivity contribution is 0.0542. The second kappa shape index (κ2) is 5.80. The normalized spacial score (nSPS) is 26.8. The van der Waals surface area contributed by atoms with Gasteiger partial charge in [-0.25, -0.2) is 0 Å². The highest BCUT2D eigenvalue weighted by Gasteiger charge is 2.23. The van der Waals surface area contributed by atoms with Gasteiger partial charge in [0.05, 0.1) is 11.7 Å². The molecule has 2 atom stereocenters. The van der Waals surface area contributed by atoms with Gasteiger partial charge in [-0.2, -0.15) is 0 Å². The van der Waals surface area contributed by atoms with Gasteiger partial charge in [-0.1, -0.05) is 0 Å². The van der Waals surface area contributed by atoms with Crippen molar-refractivity contribution < 1.29 is 9.84 Å². The highest BCUT2D eigenvalue weighted by Crippen LogP contribution is 2.15. The molecule has 0 saturated carbocycles. The van der Waals surface area contributed by atoms with Crippen LogP contribution in [0.15, 0.2) is 0 Å². The monoisotopic (exact) mass is 216 g/mol. The molecule has 1 heterocycles. The van der Waals surface area contributed by atoms with Crippen LogP contribution in [-0.2, 0) is 4.74 Å². The number of methoxy groups -OCH3 is 1. The summed E-state index contributed by atoms with van der Waals surface area (Å²) in [6, 6.07) is 0. The molecule has 0 aromatic rings. The molecule has 1 rings (SSSR count). The van der Waals surface area contributed by atoms with E-state index in [-0.39, 0.29) is 0 Å². The highest BCUT2D eigenvalue weighted by molar-refractivity contribution is 4.78. The first-order valence-electron chi connectivity index (χ1n) is 5.75. The van der Waals surface area contributed by atoms with Crippen molar-refractivity contribution in [3.63, 3.8) is 0 Å². The Hall–Kier alpha value is -0.160. The van der Waals surface area contributed by atoms with Crippen LogP contribution in [0.4, 0.5) is 0 Å². The van der Waals surface area contributed by atoms with Gasteiger partial charge >= 0.3 is 0 Å². The molecule has 15 heavy (non-hydrogen) atoms. The zero-order chi connectivity index (χ0) is 11.3. The molecular weight excluding hydrogens is 192 g/mol. The second-order valence-electron chi connectivity index (χ2n) is 4.75. The molecule has 0 aliphatic carbocycles. The van der Waals surface area contributed by atoms with Crippen molar-refractivity contribution in [1.29, 1.82) is 0 Å². The molecule has 1 saturated heterocycles. The van der Waals surface area contributed by atoms with E-state index in [4.69, 9.17) is 10.5 Å². The Balaban J connectivity index is 2.11. The third-order valence-corrected chi connectivity index (χ3v) is 3.19. The number of hydrogen-bond acceptors (Lipinski definition) is 4. The van der Waals surface area contributed by atoms with E-state index >= 15 is 0 Å². The Morgan fingerprint density at radius 1 is 1.60 bits per heavy atom. The molecule has 1 fully saturated rings. The number of nitrogens with two attached hydrogens (primary N) is 1. The number of hydrogen-bond donors (Lipinski definition) is 2. The van der Waals surface area contributed by atoms with Crippen molar-refractivity contribution in [3.8, 4) is 0 Å². The molecule has 2 unspecified atom stereocenters. The van der Waals surface area contributed by atoms with E-state index in [0.29, 0.717) is 12.6 Å². The van der Waals surface area contributed by atoms with E-state index in [1.165, 1.54) is 0 Å². The van der Waals surface area contributed by atoms with Gasteiger partial charge < -0.3 is 20.5 Å². The first-order chi connectivity index (χ1) is 7.07. The average Bonchev–Trinajstić information content (AvgIpc) is 2.66. The van der Waals surface area contributed by atoms with Crippen molar-refractivity contribution >= 4 is 0 Å². The zero-order valence-electron chi connectivity index (χ0n) is 9.91.